The van der Waals surface area contributed by atoms with Gasteiger partial charge in [0.05, 0.1) is 19.1 Å². The molecule has 0 spiro atoms. The van der Waals surface area contributed by atoms with Gasteiger partial charge < -0.3 is 15.0 Å². The Morgan fingerprint density at radius 3 is 2.31 bits per heavy atom. The molecule has 0 aliphatic heterocycles. The molecule has 0 saturated carbocycles. The molecule has 0 aliphatic carbocycles. The SMILES string of the molecule is CCCCNC(=O)C(Cc1ccccc1)N(Cc1ccc(Cl)cc1)C(=O)CCCN(c1cccc(OC)c1)S(C)(=O)=O. The van der Waals surface area contributed by atoms with Gasteiger partial charge in [0.1, 0.15) is 11.8 Å². The fraction of sp³-hybridized carbons (Fsp3) is 0.375. The van der Waals surface area contributed by atoms with Crippen LogP contribution in [0.4, 0.5) is 5.69 Å². The Hall–Kier alpha value is -3.56. The van der Waals surface area contributed by atoms with Crippen molar-refractivity contribution in [3.05, 3.63) is 95.0 Å². The van der Waals surface area contributed by atoms with Gasteiger partial charge in [-0.25, -0.2) is 8.42 Å². The van der Waals surface area contributed by atoms with Crippen molar-refractivity contribution in [1.82, 2.24) is 10.2 Å². The lowest BCUT2D eigenvalue weighted by molar-refractivity contribution is -0.141. The average Bonchev–Trinajstić information content (AvgIpc) is 2.98. The number of methoxy groups -OCH3 is 1. The van der Waals surface area contributed by atoms with Crippen molar-refractivity contribution < 1.29 is 22.7 Å². The van der Waals surface area contributed by atoms with Crippen molar-refractivity contribution in [1.29, 1.82) is 0 Å². The largest absolute Gasteiger partial charge is 0.497 e. The highest BCUT2D eigenvalue weighted by atomic mass is 35.5. The number of nitrogens with one attached hydrogen (secondary N) is 1. The molecule has 0 fully saturated rings. The summed E-state index contributed by atoms with van der Waals surface area (Å²) in [6.45, 7) is 2.88. The first kappa shape index (κ1) is 32.9. The molecule has 0 heterocycles. The Bertz CT molecular complexity index is 1400. The standard InChI is InChI=1S/C32H40ClN3O5S/c1-4-5-20-34-32(38)30(22-25-11-7-6-8-12-25)35(24-26-16-18-27(33)19-17-26)31(37)15-10-21-36(42(3,39)40)28-13-9-14-29(23-28)41-2/h6-9,11-14,16-19,23,30H,4-5,10,15,20-22,24H2,1-3H3,(H,34,38). The third kappa shape index (κ3) is 10.1. The number of rotatable bonds is 16. The van der Waals surface area contributed by atoms with E-state index in [0.29, 0.717) is 29.4 Å². The molecule has 0 bridgehead atoms. The van der Waals surface area contributed by atoms with E-state index in [2.05, 4.69) is 12.2 Å². The molecule has 3 aromatic carbocycles. The van der Waals surface area contributed by atoms with Gasteiger partial charge in [0.25, 0.3) is 0 Å². The van der Waals surface area contributed by atoms with Gasteiger partial charge in [-0.1, -0.05) is 73.5 Å². The number of amides is 2. The zero-order valence-corrected chi connectivity index (χ0v) is 26.0. The fourth-order valence-electron chi connectivity index (χ4n) is 4.62. The summed E-state index contributed by atoms with van der Waals surface area (Å²) in [5, 5.41) is 3.58. The van der Waals surface area contributed by atoms with E-state index in [9.17, 15) is 18.0 Å². The van der Waals surface area contributed by atoms with E-state index in [-0.39, 0.29) is 37.7 Å². The topological polar surface area (TPSA) is 96.0 Å². The van der Waals surface area contributed by atoms with Crippen molar-refractivity contribution >= 4 is 39.1 Å². The minimum atomic E-state index is -3.62. The lowest BCUT2D eigenvalue weighted by atomic mass is 10.0. The first-order valence-corrected chi connectivity index (χ1v) is 16.3. The maximum Gasteiger partial charge on any atom is 0.243 e. The third-order valence-corrected chi connectivity index (χ3v) is 8.31. The van der Waals surface area contributed by atoms with Crippen LogP contribution in [0.25, 0.3) is 0 Å². The second-order valence-corrected chi connectivity index (χ2v) is 12.5. The number of ether oxygens (including phenoxy) is 1. The van der Waals surface area contributed by atoms with E-state index < -0.39 is 16.1 Å². The number of carbonyl (C=O) groups is 2. The number of hydrogen-bond acceptors (Lipinski definition) is 5. The van der Waals surface area contributed by atoms with Crippen molar-refractivity contribution in [3.8, 4) is 5.75 Å². The first-order valence-electron chi connectivity index (χ1n) is 14.1. The third-order valence-electron chi connectivity index (χ3n) is 6.86. The normalized spacial score (nSPS) is 11.9. The van der Waals surface area contributed by atoms with E-state index in [1.165, 1.54) is 11.4 Å². The Kier molecular flexibility index (Phi) is 12.7. The summed E-state index contributed by atoms with van der Waals surface area (Å²) in [5.74, 6) is 0.0728. The second-order valence-electron chi connectivity index (χ2n) is 10.1. The Morgan fingerprint density at radius 1 is 0.952 bits per heavy atom. The average molecular weight is 614 g/mol. The maximum atomic E-state index is 13.9. The van der Waals surface area contributed by atoms with Crippen LogP contribution in [-0.4, -0.2) is 57.6 Å². The van der Waals surface area contributed by atoms with Gasteiger partial charge >= 0.3 is 0 Å². The molecule has 1 atom stereocenters. The molecule has 3 aromatic rings. The molecule has 1 unspecified atom stereocenters. The molecule has 0 saturated heterocycles. The van der Waals surface area contributed by atoms with E-state index in [0.717, 1.165) is 30.2 Å². The molecule has 226 valence electrons. The van der Waals surface area contributed by atoms with Crippen molar-refractivity contribution in [2.75, 3.05) is 30.8 Å². The van der Waals surface area contributed by atoms with Gasteiger partial charge in [0, 0.05) is 43.6 Å². The van der Waals surface area contributed by atoms with Gasteiger partial charge in [-0.05, 0) is 48.2 Å². The highest BCUT2D eigenvalue weighted by Gasteiger charge is 2.30. The van der Waals surface area contributed by atoms with Crippen molar-refractivity contribution in [2.24, 2.45) is 0 Å². The number of anilines is 1. The lowest BCUT2D eigenvalue weighted by Gasteiger charge is -2.32. The predicted octanol–water partition coefficient (Wildman–Crippen LogP) is 5.45. The van der Waals surface area contributed by atoms with Crippen LogP contribution in [0.5, 0.6) is 5.75 Å². The number of sulfonamides is 1. The van der Waals surface area contributed by atoms with Gasteiger partial charge in [-0.3, -0.25) is 13.9 Å². The van der Waals surface area contributed by atoms with E-state index in [1.54, 1.807) is 41.3 Å². The summed E-state index contributed by atoms with van der Waals surface area (Å²) in [5.41, 5.74) is 2.23. The summed E-state index contributed by atoms with van der Waals surface area (Å²) in [7, 11) is -2.10. The molecule has 1 N–H and O–H groups in total. The lowest BCUT2D eigenvalue weighted by Crippen LogP contribution is -2.50. The second kappa shape index (κ2) is 16.2. The van der Waals surface area contributed by atoms with Crippen LogP contribution >= 0.6 is 11.6 Å². The number of benzene rings is 3. The van der Waals surface area contributed by atoms with Crippen LogP contribution in [0, 0.1) is 0 Å². The molecular weight excluding hydrogens is 574 g/mol. The quantitative estimate of drug-likeness (QED) is 0.217. The molecule has 42 heavy (non-hydrogen) atoms. The molecule has 2 amide bonds. The number of halogens is 1. The fourth-order valence-corrected chi connectivity index (χ4v) is 5.70. The van der Waals surface area contributed by atoms with Gasteiger partial charge in [-0.15, -0.1) is 0 Å². The highest BCUT2D eigenvalue weighted by Crippen LogP contribution is 2.24. The first-order chi connectivity index (χ1) is 20.1. The van der Waals surface area contributed by atoms with Gasteiger partial charge in [0.15, 0.2) is 0 Å². The smallest absolute Gasteiger partial charge is 0.243 e. The molecule has 0 aliphatic rings. The van der Waals surface area contributed by atoms with Crippen LogP contribution < -0.4 is 14.4 Å². The Labute approximate surface area is 254 Å². The molecule has 10 heteroatoms. The van der Waals surface area contributed by atoms with Crippen LogP contribution in [0.3, 0.4) is 0 Å². The van der Waals surface area contributed by atoms with E-state index in [4.69, 9.17) is 16.3 Å². The van der Waals surface area contributed by atoms with Crippen LogP contribution in [0.2, 0.25) is 5.02 Å². The zero-order valence-electron chi connectivity index (χ0n) is 24.5. The van der Waals surface area contributed by atoms with Gasteiger partial charge in [0.2, 0.25) is 21.8 Å². The number of unbranched alkanes of at least 4 members (excludes halogenated alkanes) is 1. The highest BCUT2D eigenvalue weighted by molar-refractivity contribution is 7.92. The van der Waals surface area contributed by atoms with Crippen molar-refractivity contribution in [2.45, 2.75) is 51.6 Å². The Balaban J connectivity index is 1.86. The summed E-state index contributed by atoms with van der Waals surface area (Å²) in [4.78, 5) is 29.0. The van der Waals surface area contributed by atoms with Gasteiger partial charge in [-0.2, -0.15) is 0 Å². The minimum Gasteiger partial charge on any atom is -0.497 e. The molecule has 3 rings (SSSR count). The summed E-state index contributed by atoms with van der Waals surface area (Å²) in [6, 6.07) is 22.8. The zero-order chi connectivity index (χ0) is 30.5. The van der Waals surface area contributed by atoms with Crippen LogP contribution in [-0.2, 0) is 32.6 Å². The van der Waals surface area contributed by atoms with E-state index in [1.807, 2.05) is 42.5 Å². The number of hydrogen-bond donors (Lipinski definition) is 1. The van der Waals surface area contributed by atoms with Crippen molar-refractivity contribution in [3.63, 3.8) is 0 Å². The monoisotopic (exact) mass is 613 g/mol. The van der Waals surface area contributed by atoms with Crippen LogP contribution in [0.15, 0.2) is 78.9 Å². The summed E-state index contributed by atoms with van der Waals surface area (Å²) < 4.78 is 31.9. The van der Waals surface area contributed by atoms with E-state index >= 15 is 0 Å². The maximum absolute atomic E-state index is 13.9. The molecule has 0 aromatic heterocycles. The predicted molar refractivity (Wildman–Crippen MR) is 168 cm³/mol. The molecular formula is C32H40ClN3O5S. The number of nitrogens with zero attached hydrogens (tertiary/aromatic N) is 2. The van der Waals surface area contributed by atoms with Crippen LogP contribution in [0.1, 0.15) is 43.7 Å². The summed E-state index contributed by atoms with van der Waals surface area (Å²) in [6.07, 6.45) is 3.56. The molecule has 0 radical (unpaired) electrons. The molecule has 8 nitrogen and oxygen atoms in total. The number of carbonyl (C=O) groups excluding carboxylic acids is 2. The Morgan fingerprint density at radius 2 is 1.67 bits per heavy atom. The summed E-state index contributed by atoms with van der Waals surface area (Å²) >= 11 is 6.10. The minimum absolute atomic E-state index is 0.0527.